The van der Waals surface area contributed by atoms with E-state index in [0.29, 0.717) is 5.75 Å². The monoisotopic (exact) mass is 148 g/mol. The van der Waals surface area contributed by atoms with Crippen LogP contribution in [0.15, 0.2) is 0 Å². The van der Waals surface area contributed by atoms with Gasteiger partial charge in [-0.2, -0.15) is 0 Å². The first kappa shape index (κ1) is 6.85. The van der Waals surface area contributed by atoms with Crippen LogP contribution in [0.4, 0.5) is 0 Å². The van der Waals surface area contributed by atoms with Crippen LogP contribution in [0, 0.1) is 0 Å². The zero-order valence-corrected chi connectivity index (χ0v) is 5.52. The summed E-state index contributed by atoms with van der Waals surface area (Å²) >= 11 is 1.42. The van der Waals surface area contributed by atoms with E-state index in [0.717, 1.165) is 0 Å². The Morgan fingerprint density at radius 1 is 1.89 bits per heavy atom. The molecule has 1 aliphatic heterocycles. The lowest BCUT2D eigenvalue weighted by Gasteiger charge is -2.02. The Morgan fingerprint density at radius 3 is 2.78 bits per heavy atom. The van der Waals surface area contributed by atoms with E-state index in [4.69, 9.17) is 10.8 Å². The van der Waals surface area contributed by atoms with Gasteiger partial charge in [-0.1, -0.05) is 0 Å². The third kappa shape index (κ3) is 1.57. The maximum absolute atomic E-state index is 10.2. The molecule has 1 heterocycles. The summed E-state index contributed by atoms with van der Waals surface area (Å²) in [6.07, 6.45) is 0. The summed E-state index contributed by atoms with van der Waals surface area (Å²) in [4.78, 5) is 10.2. The Morgan fingerprint density at radius 2 is 2.56 bits per heavy atom. The molecule has 0 spiro atoms. The molecule has 4 nitrogen and oxygen atoms in total. The molecule has 0 bridgehead atoms. The minimum absolute atomic E-state index is 0.203. The normalized spacial score (nSPS) is 34.8. The maximum Gasteiger partial charge on any atom is 0.321 e. The molecule has 1 fully saturated rings. The molecular formula is C4H8N2O2S. The van der Waals surface area contributed by atoms with E-state index >= 15 is 0 Å². The SMILES string of the molecule is NC1NC(C(=O)O)CS1. The van der Waals surface area contributed by atoms with Gasteiger partial charge in [-0.25, -0.2) is 0 Å². The highest BCUT2D eigenvalue weighted by Gasteiger charge is 2.26. The molecule has 0 aliphatic carbocycles. The van der Waals surface area contributed by atoms with Crippen molar-refractivity contribution in [3.05, 3.63) is 0 Å². The quantitative estimate of drug-likeness (QED) is 0.445. The van der Waals surface area contributed by atoms with Gasteiger partial charge in [0.05, 0.1) is 0 Å². The molecule has 4 N–H and O–H groups in total. The summed E-state index contributed by atoms with van der Waals surface area (Å²) in [5.74, 6) is -0.258. The van der Waals surface area contributed by atoms with Crippen molar-refractivity contribution in [2.45, 2.75) is 11.5 Å². The smallest absolute Gasteiger partial charge is 0.321 e. The Labute approximate surface area is 56.8 Å². The molecule has 2 unspecified atom stereocenters. The lowest BCUT2D eigenvalue weighted by molar-refractivity contribution is -0.138. The van der Waals surface area contributed by atoms with E-state index in [1.165, 1.54) is 11.8 Å². The zero-order chi connectivity index (χ0) is 6.85. The molecule has 0 aromatic carbocycles. The summed E-state index contributed by atoms with van der Waals surface area (Å²) in [5.41, 5.74) is 5.15. The van der Waals surface area contributed by atoms with Crippen LogP contribution in [0.2, 0.25) is 0 Å². The number of nitrogens with one attached hydrogen (secondary N) is 1. The van der Waals surface area contributed by atoms with Gasteiger partial charge < -0.3 is 10.8 Å². The predicted octanol–water partition coefficient (Wildman–Crippen LogP) is -0.982. The number of carboxylic acid groups (broad SMARTS) is 1. The van der Waals surface area contributed by atoms with Crippen LogP contribution in [0.1, 0.15) is 0 Å². The zero-order valence-electron chi connectivity index (χ0n) is 4.70. The Hall–Kier alpha value is -0.260. The second-order valence-electron chi connectivity index (χ2n) is 1.81. The van der Waals surface area contributed by atoms with Gasteiger partial charge in [0.2, 0.25) is 0 Å². The average molecular weight is 148 g/mol. The van der Waals surface area contributed by atoms with Gasteiger partial charge in [0.15, 0.2) is 0 Å². The first-order valence-electron chi connectivity index (χ1n) is 2.56. The Balaban J connectivity index is 2.39. The number of thioether (sulfide) groups is 1. The number of carbonyl (C=O) groups is 1. The van der Waals surface area contributed by atoms with Crippen molar-refractivity contribution in [3.63, 3.8) is 0 Å². The molecule has 1 aliphatic rings. The topological polar surface area (TPSA) is 75.3 Å². The highest BCUT2D eigenvalue weighted by molar-refractivity contribution is 8.00. The number of rotatable bonds is 1. The lowest BCUT2D eigenvalue weighted by Crippen LogP contribution is -2.40. The van der Waals surface area contributed by atoms with Crippen LogP contribution in [0.5, 0.6) is 0 Å². The van der Waals surface area contributed by atoms with E-state index in [-0.39, 0.29) is 5.50 Å². The lowest BCUT2D eigenvalue weighted by atomic mass is 10.3. The number of hydrogen-bond acceptors (Lipinski definition) is 4. The van der Waals surface area contributed by atoms with Crippen LogP contribution in [0.25, 0.3) is 0 Å². The van der Waals surface area contributed by atoms with E-state index in [1.54, 1.807) is 0 Å². The highest BCUT2D eigenvalue weighted by Crippen LogP contribution is 2.13. The van der Waals surface area contributed by atoms with Crippen LogP contribution < -0.4 is 11.1 Å². The fourth-order valence-electron chi connectivity index (χ4n) is 0.637. The van der Waals surface area contributed by atoms with Gasteiger partial charge in [0.25, 0.3) is 0 Å². The van der Waals surface area contributed by atoms with Crippen molar-refractivity contribution in [1.29, 1.82) is 0 Å². The summed E-state index contributed by atoms with van der Waals surface area (Å²) in [6.45, 7) is 0. The third-order valence-electron chi connectivity index (χ3n) is 1.11. The molecule has 2 atom stereocenters. The predicted molar refractivity (Wildman–Crippen MR) is 35.0 cm³/mol. The van der Waals surface area contributed by atoms with E-state index in [9.17, 15) is 4.79 Å². The van der Waals surface area contributed by atoms with Gasteiger partial charge in [0, 0.05) is 5.75 Å². The molecule has 0 saturated carbocycles. The Kier molecular flexibility index (Phi) is 1.94. The van der Waals surface area contributed by atoms with Gasteiger partial charge in [-0.15, -0.1) is 11.8 Å². The molecule has 9 heavy (non-hydrogen) atoms. The minimum atomic E-state index is -0.824. The standard InChI is InChI=1S/C4H8N2O2S/c5-4-6-2(1-9-4)3(7)8/h2,4,6H,1,5H2,(H,7,8). The van der Waals surface area contributed by atoms with Gasteiger partial charge >= 0.3 is 5.97 Å². The van der Waals surface area contributed by atoms with Crippen molar-refractivity contribution in [2.24, 2.45) is 5.73 Å². The van der Waals surface area contributed by atoms with Crippen molar-refractivity contribution >= 4 is 17.7 Å². The first-order valence-corrected chi connectivity index (χ1v) is 3.61. The van der Waals surface area contributed by atoms with Gasteiger partial charge in [0.1, 0.15) is 11.5 Å². The summed E-state index contributed by atoms with van der Waals surface area (Å²) < 4.78 is 0. The fourth-order valence-corrected chi connectivity index (χ4v) is 1.54. The van der Waals surface area contributed by atoms with Crippen LogP contribution in [-0.4, -0.2) is 28.4 Å². The van der Waals surface area contributed by atoms with Crippen LogP contribution in [-0.2, 0) is 4.79 Å². The van der Waals surface area contributed by atoms with Crippen molar-refractivity contribution < 1.29 is 9.90 Å². The summed E-state index contributed by atoms with van der Waals surface area (Å²) in [7, 11) is 0. The molecule has 52 valence electrons. The van der Waals surface area contributed by atoms with Crippen molar-refractivity contribution in [2.75, 3.05) is 5.75 Å². The number of hydrogen-bond donors (Lipinski definition) is 3. The molecule has 0 aromatic rings. The molecular weight excluding hydrogens is 140 g/mol. The second-order valence-corrected chi connectivity index (χ2v) is 2.99. The van der Waals surface area contributed by atoms with Crippen molar-refractivity contribution in [1.82, 2.24) is 5.32 Å². The maximum atomic E-state index is 10.2. The molecule has 0 aromatic heterocycles. The molecule has 1 rings (SSSR count). The third-order valence-corrected chi connectivity index (χ3v) is 2.13. The van der Waals surface area contributed by atoms with Gasteiger partial charge in [-0.05, 0) is 0 Å². The van der Waals surface area contributed by atoms with E-state index in [1.807, 2.05) is 0 Å². The van der Waals surface area contributed by atoms with E-state index < -0.39 is 12.0 Å². The number of carboxylic acids is 1. The second kappa shape index (κ2) is 2.55. The van der Waals surface area contributed by atoms with Crippen molar-refractivity contribution in [3.8, 4) is 0 Å². The minimum Gasteiger partial charge on any atom is -0.480 e. The Bertz CT molecular complexity index is 130. The van der Waals surface area contributed by atoms with E-state index in [2.05, 4.69) is 5.32 Å². The van der Waals surface area contributed by atoms with Crippen LogP contribution in [0.3, 0.4) is 0 Å². The average Bonchev–Trinajstić information content (AvgIpc) is 2.14. The van der Waals surface area contributed by atoms with Crippen LogP contribution >= 0.6 is 11.8 Å². The summed E-state index contributed by atoms with van der Waals surface area (Å²) in [5, 5.41) is 11.1. The molecule has 5 heteroatoms. The largest absolute Gasteiger partial charge is 0.480 e. The molecule has 0 amide bonds. The number of nitrogens with two attached hydrogens (primary N) is 1. The summed E-state index contributed by atoms with van der Waals surface area (Å²) in [6, 6.07) is -0.454. The molecule has 1 saturated heterocycles. The molecule has 0 radical (unpaired) electrons. The first-order chi connectivity index (χ1) is 4.20. The van der Waals surface area contributed by atoms with Gasteiger partial charge in [-0.3, -0.25) is 10.1 Å². The highest BCUT2D eigenvalue weighted by atomic mass is 32.2. The number of aliphatic carboxylic acids is 1. The fraction of sp³-hybridized carbons (Fsp3) is 0.750.